The van der Waals surface area contributed by atoms with Gasteiger partial charge in [-0.15, -0.1) is 0 Å². The SMILES string of the molecule is COc1cc(C2=N/C(=C/c3cnn(C)c3)C(=O)O2)cc(OC)c1OC. The molecular weight excluding hydrogens is 326 g/mol. The molecular formula is C17H17N3O5. The molecule has 3 rings (SSSR count). The molecule has 0 unspecified atom stereocenters. The van der Waals surface area contributed by atoms with E-state index in [2.05, 4.69) is 10.1 Å². The van der Waals surface area contributed by atoms with E-state index in [1.807, 2.05) is 0 Å². The Hall–Kier alpha value is -3.29. The Morgan fingerprint density at radius 1 is 1.12 bits per heavy atom. The van der Waals surface area contributed by atoms with Crippen LogP contribution in [0.4, 0.5) is 0 Å². The molecule has 1 aliphatic rings. The van der Waals surface area contributed by atoms with Crippen LogP contribution in [0, 0.1) is 0 Å². The van der Waals surface area contributed by atoms with Crippen molar-refractivity contribution in [2.24, 2.45) is 12.0 Å². The largest absolute Gasteiger partial charge is 0.493 e. The highest BCUT2D eigenvalue weighted by atomic mass is 16.6. The summed E-state index contributed by atoms with van der Waals surface area (Å²) < 4.78 is 22.8. The van der Waals surface area contributed by atoms with E-state index >= 15 is 0 Å². The van der Waals surface area contributed by atoms with E-state index in [0.29, 0.717) is 22.8 Å². The summed E-state index contributed by atoms with van der Waals surface area (Å²) in [6.45, 7) is 0. The summed E-state index contributed by atoms with van der Waals surface area (Å²) in [4.78, 5) is 16.3. The summed E-state index contributed by atoms with van der Waals surface area (Å²) in [5, 5.41) is 4.05. The molecule has 0 atom stereocenters. The van der Waals surface area contributed by atoms with Gasteiger partial charge in [0.2, 0.25) is 11.6 Å². The first-order valence-corrected chi connectivity index (χ1v) is 7.37. The summed E-state index contributed by atoms with van der Waals surface area (Å²) in [7, 11) is 6.33. The van der Waals surface area contributed by atoms with Gasteiger partial charge in [0.05, 0.1) is 27.5 Å². The van der Waals surface area contributed by atoms with Crippen molar-refractivity contribution in [3.05, 3.63) is 41.4 Å². The predicted molar refractivity (Wildman–Crippen MR) is 89.9 cm³/mol. The molecule has 0 spiro atoms. The fourth-order valence-corrected chi connectivity index (χ4v) is 2.41. The van der Waals surface area contributed by atoms with E-state index in [0.717, 1.165) is 5.56 Å². The molecule has 1 aliphatic heterocycles. The van der Waals surface area contributed by atoms with Crippen molar-refractivity contribution in [2.75, 3.05) is 21.3 Å². The third kappa shape index (κ3) is 3.18. The quantitative estimate of drug-likeness (QED) is 0.608. The highest BCUT2D eigenvalue weighted by molar-refractivity contribution is 6.13. The van der Waals surface area contributed by atoms with Crippen molar-refractivity contribution in [1.29, 1.82) is 0 Å². The number of hydrogen-bond acceptors (Lipinski definition) is 7. The zero-order valence-electron chi connectivity index (χ0n) is 14.3. The molecule has 8 heteroatoms. The highest BCUT2D eigenvalue weighted by Crippen LogP contribution is 2.39. The number of carbonyl (C=O) groups excluding carboxylic acids is 1. The van der Waals surface area contributed by atoms with E-state index in [1.54, 1.807) is 42.3 Å². The molecule has 0 saturated heterocycles. The molecule has 0 radical (unpaired) electrons. The summed E-state index contributed by atoms with van der Waals surface area (Å²) in [6.07, 6.45) is 5.01. The molecule has 0 aliphatic carbocycles. The summed E-state index contributed by atoms with van der Waals surface area (Å²) >= 11 is 0. The molecule has 130 valence electrons. The number of ether oxygens (including phenoxy) is 4. The Balaban J connectivity index is 2.00. The van der Waals surface area contributed by atoms with Crippen LogP contribution in [-0.4, -0.2) is 43.0 Å². The molecule has 1 aromatic heterocycles. The monoisotopic (exact) mass is 343 g/mol. The van der Waals surface area contributed by atoms with Gasteiger partial charge in [-0.1, -0.05) is 0 Å². The molecule has 25 heavy (non-hydrogen) atoms. The number of hydrogen-bond donors (Lipinski definition) is 0. The lowest BCUT2D eigenvalue weighted by Crippen LogP contribution is -2.06. The van der Waals surface area contributed by atoms with Gasteiger partial charge in [-0.05, 0) is 18.2 Å². The van der Waals surface area contributed by atoms with E-state index in [4.69, 9.17) is 18.9 Å². The van der Waals surface area contributed by atoms with E-state index in [9.17, 15) is 4.79 Å². The van der Waals surface area contributed by atoms with Crippen molar-refractivity contribution in [3.8, 4) is 17.2 Å². The fraction of sp³-hybridized carbons (Fsp3) is 0.235. The Morgan fingerprint density at radius 2 is 1.80 bits per heavy atom. The van der Waals surface area contributed by atoms with E-state index in [-0.39, 0.29) is 11.6 Å². The van der Waals surface area contributed by atoms with Gasteiger partial charge in [0, 0.05) is 24.4 Å². The second-order valence-electron chi connectivity index (χ2n) is 5.20. The molecule has 0 saturated carbocycles. The van der Waals surface area contributed by atoms with Crippen molar-refractivity contribution in [1.82, 2.24) is 9.78 Å². The van der Waals surface area contributed by atoms with Crippen LogP contribution in [0.5, 0.6) is 17.2 Å². The number of aliphatic imine (C=N–C) groups is 1. The van der Waals surface area contributed by atoms with Crippen LogP contribution in [0.1, 0.15) is 11.1 Å². The number of rotatable bonds is 5. The molecule has 8 nitrogen and oxygen atoms in total. The van der Waals surface area contributed by atoms with Gasteiger partial charge in [0.15, 0.2) is 17.2 Å². The number of methoxy groups -OCH3 is 3. The number of benzene rings is 1. The van der Waals surface area contributed by atoms with Gasteiger partial charge < -0.3 is 18.9 Å². The smallest absolute Gasteiger partial charge is 0.363 e. The van der Waals surface area contributed by atoms with Gasteiger partial charge >= 0.3 is 5.97 Å². The topological polar surface area (TPSA) is 84.2 Å². The van der Waals surface area contributed by atoms with Gasteiger partial charge in [0.25, 0.3) is 0 Å². The molecule has 0 fully saturated rings. The average Bonchev–Trinajstić information content (AvgIpc) is 3.19. The van der Waals surface area contributed by atoms with Crippen molar-refractivity contribution >= 4 is 17.9 Å². The van der Waals surface area contributed by atoms with Crippen LogP contribution in [-0.2, 0) is 16.6 Å². The lowest BCUT2D eigenvalue weighted by atomic mass is 10.1. The lowest BCUT2D eigenvalue weighted by Gasteiger charge is -2.13. The number of nitrogens with zero attached hydrogens (tertiary/aromatic N) is 3. The summed E-state index contributed by atoms with van der Waals surface area (Å²) in [5.41, 5.74) is 1.48. The number of esters is 1. The van der Waals surface area contributed by atoms with Crippen molar-refractivity contribution < 1.29 is 23.7 Å². The maximum Gasteiger partial charge on any atom is 0.363 e. The van der Waals surface area contributed by atoms with Crippen molar-refractivity contribution in [2.45, 2.75) is 0 Å². The van der Waals surface area contributed by atoms with E-state index in [1.165, 1.54) is 21.3 Å². The van der Waals surface area contributed by atoms with Gasteiger partial charge in [0.1, 0.15) is 0 Å². The number of carbonyl (C=O) groups is 1. The third-order valence-corrected chi connectivity index (χ3v) is 3.56. The predicted octanol–water partition coefficient (Wildman–Crippen LogP) is 1.79. The number of aryl methyl sites for hydroxylation is 1. The van der Waals surface area contributed by atoms with E-state index < -0.39 is 5.97 Å². The first-order valence-electron chi connectivity index (χ1n) is 7.37. The van der Waals surface area contributed by atoms with Gasteiger partial charge in [-0.3, -0.25) is 4.68 Å². The van der Waals surface area contributed by atoms with Crippen LogP contribution in [0.25, 0.3) is 6.08 Å². The summed E-state index contributed by atoms with van der Waals surface area (Å²) in [6, 6.07) is 3.33. The minimum Gasteiger partial charge on any atom is -0.493 e. The highest BCUT2D eigenvalue weighted by Gasteiger charge is 2.26. The van der Waals surface area contributed by atoms with Crippen LogP contribution in [0.2, 0.25) is 0 Å². The molecule has 2 heterocycles. The first-order chi connectivity index (χ1) is 12.0. The Bertz CT molecular complexity index is 857. The second kappa shape index (κ2) is 6.68. The Morgan fingerprint density at radius 3 is 2.32 bits per heavy atom. The van der Waals surface area contributed by atoms with Crippen LogP contribution in [0.15, 0.2) is 35.2 Å². The number of cyclic esters (lactones) is 1. The minimum atomic E-state index is -0.535. The molecule has 0 bridgehead atoms. The van der Waals surface area contributed by atoms with Crippen molar-refractivity contribution in [3.63, 3.8) is 0 Å². The third-order valence-electron chi connectivity index (χ3n) is 3.56. The Kier molecular flexibility index (Phi) is 4.42. The van der Waals surface area contributed by atoms with Crippen LogP contribution < -0.4 is 14.2 Å². The van der Waals surface area contributed by atoms with Crippen LogP contribution >= 0.6 is 0 Å². The van der Waals surface area contributed by atoms with Crippen LogP contribution in [0.3, 0.4) is 0 Å². The Labute approximate surface area is 144 Å². The fourth-order valence-electron chi connectivity index (χ4n) is 2.41. The maximum absolute atomic E-state index is 12.1. The first kappa shape index (κ1) is 16.6. The average molecular weight is 343 g/mol. The zero-order chi connectivity index (χ0) is 18.0. The molecule has 1 aromatic carbocycles. The zero-order valence-corrected chi connectivity index (χ0v) is 14.3. The molecule has 2 aromatic rings. The normalized spacial score (nSPS) is 15.1. The summed E-state index contributed by atoms with van der Waals surface area (Å²) in [5.74, 6) is 0.970. The number of aromatic nitrogens is 2. The lowest BCUT2D eigenvalue weighted by molar-refractivity contribution is -0.129. The molecule has 0 N–H and O–H groups in total. The second-order valence-corrected chi connectivity index (χ2v) is 5.20. The maximum atomic E-state index is 12.1. The van der Waals surface area contributed by atoms with Gasteiger partial charge in [-0.2, -0.15) is 5.10 Å². The molecule has 0 amide bonds. The minimum absolute atomic E-state index is 0.166. The standard InChI is InChI=1S/C17H17N3O5/c1-20-9-10(8-18-20)5-12-17(21)25-16(19-12)11-6-13(22-2)15(24-4)14(7-11)23-3/h5-9H,1-4H3/b12-5+. The van der Waals surface area contributed by atoms with Gasteiger partial charge in [-0.25, -0.2) is 9.79 Å².